The molecule has 92 valence electrons. The Morgan fingerprint density at radius 2 is 2.12 bits per heavy atom. The van der Waals surface area contributed by atoms with E-state index in [0.717, 1.165) is 51.9 Å². The number of amides is 1. The van der Waals surface area contributed by atoms with Gasteiger partial charge in [-0.3, -0.25) is 4.79 Å². The van der Waals surface area contributed by atoms with E-state index in [1.54, 1.807) is 0 Å². The topological polar surface area (TPSA) is 44.4 Å². The third-order valence-electron chi connectivity index (χ3n) is 3.76. The summed E-state index contributed by atoms with van der Waals surface area (Å²) < 4.78 is 0. The summed E-state index contributed by atoms with van der Waals surface area (Å²) in [6.07, 6.45) is 4.34. The van der Waals surface area contributed by atoms with Gasteiger partial charge in [-0.1, -0.05) is 6.92 Å². The molecule has 16 heavy (non-hydrogen) atoms. The molecule has 0 aromatic heterocycles. The Morgan fingerprint density at radius 3 is 2.69 bits per heavy atom. The van der Waals surface area contributed by atoms with Crippen molar-refractivity contribution in [1.82, 2.24) is 15.5 Å². The average molecular weight is 225 g/mol. The summed E-state index contributed by atoms with van der Waals surface area (Å²) in [6.45, 7) is 6.57. The molecule has 2 N–H and O–H groups in total. The highest BCUT2D eigenvalue weighted by molar-refractivity contribution is 5.82. The van der Waals surface area contributed by atoms with Gasteiger partial charge in [0.2, 0.25) is 5.91 Å². The fourth-order valence-corrected chi connectivity index (χ4v) is 2.60. The molecule has 2 aliphatic heterocycles. The van der Waals surface area contributed by atoms with Gasteiger partial charge in [-0.15, -0.1) is 0 Å². The van der Waals surface area contributed by atoms with Crippen molar-refractivity contribution >= 4 is 5.91 Å². The van der Waals surface area contributed by atoms with E-state index >= 15 is 0 Å². The first-order valence-electron chi connectivity index (χ1n) is 6.55. The number of carbonyl (C=O) groups excluding carboxylic acids is 1. The Labute approximate surface area is 97.8 Å². The number of piperidine rings is 1. The van der Waals surface area contributed by atoms with Gasteiger partial charge >= 0.3 is 0 Å². The number of rotatable bonds is 3. The lowest BCUT2D eigenvalue weighted by Crippen LogP contribution is -2.49. The highest BCUT2D eigenvalue weighted by Crippen LogP contribution is 2.11. The Bertz CT molecular complexity index is 230. The van der Waals surface area contributed by atoms with Gasteiger partial charge in [0.15, 0.2) is 0 Å². The molecule has 2 fully saturated rings. The minimum absolute atomic E-state index is 0.0733. The van der Waals surface area contributed by atoms with Crippen LogP contribution in [0.2, 0.25) is 0 Å². The summed E-state index contributed by atoms with van der Waals surface area (Å²) in [7, 11) is 0. The van der Waals surface area contributed by atoms with E-state index in [1.807, 2.05) is 0 Å². The van der Waals surface area contributed by atoms with E-state index in [1.165, 1.54) is 0 Å². The summed E-state index contributed by atoms with van der Waals surface area (Å²) in [5, 5.41) is 6.42. The zero-order valence-electron chi connectivity index (χ0n) is 10.2. The number of hydrogen-bond donors (Lipinski definition) is 2. The number of nitrogens with zero attached hydrogens (tertiary/aromatic N) is 1. The quantitative estimate of drug-likeness (QED) is 0.728. The number of likely N-dealkylation sites (tertiary alicyclic amines) is 1. The number of nitrogens with one attached hydrogen (secondary N) is 2. The van der Waals surface area contributed by atoms with Crippen molar-refractivity contribution in [2.45, 2.75) is 44.7 Å². The normalized spacial score (nSPS) is 28.2. The Balaban J connectivity index is 1.71. The smallest absolute Gasteiger partial charge is 0.237 e. The molecule has 0 saturated carbocycles. The maximum Gasteiger partial charge on any atom is 0.237 e. The second-order valence-electron chi connectivity index (χ2n) is 4.87. The van der Waals surface area contributed by atoms with E-state index in [2.05, 4.69) is 22.5 Å². The minimum atomic E-state index is 0.0733. The number of hydrogen-bond acceptors (Lipinski definition) is 3. The summed E-state index contributed by atoms with van der Waals surface area (Å²) in [4.78, 5) is 14.3. The molecular formula is C12H23N3O. The molecule has 1 atom stereocenters. The predicted molar refractivity (Wildman–Crippen MR) is 64.3 cm³/mol. The molecule has 0 aromatic rings. The van der Waals surface area contributed by atoms with Gasteiger partial charge in [0.05, 0.1) is 6.04 Å². The van der Waals surface area contributed by atoms with E-state index in [0.29, 0.717) is 6.04 Å². The van der Waals surface area contributed by atoms with Crippen LogP contribution in [0.15, 0.2) is 0 Å². The molecule has 2 rings (SSSR count). The van der Waals surface area contributed by atoms with Gasteiger partial charge in [-0.05, 0) is 38.8 Å². The molecule has 0 spiro atoms. The van der Waals surface area contributed by atoms with Gasteiger partial charge in [-0.2, -0.15) is 0 Å². The second kappa shape index (κ2) is 5.64. The van der Waals surface area contributed by atoms with Crippen LogP contribution in [0.1, 0.15) is 32.6 Å². The molecule has 0 aromatic carbocycles. The van der Waals surface area contributed by atoms with Gasteiger partial charge in [0.25, 0.3) is 0 Å². The molecule has 2 saturated heterocycles. The fourth-order valence-electron chi connectivity index (χ4n) is 2.60. The van der Waals surface area contributed by atoms with Crippen molar-refractivity contribution in [3.8, 4) is 0 Å². The van der Waals surface area contributed by atoms with Crippen LogP contribution >= 0.6 is 0 Å². The molecule has 2 aliphatic rings. The minimum Gasteiger partial charge on any atom is -0.352 e. The molecule has 4 heteroatoms. The molecule has 2 heterocycles. The van der Waals surface area contributed by atoms with Crippen LogP contribution in [-0.2, 0) is 4.79 Å². The molecule has 1 unspecified atom stereocenters. The van der Waals surface area contributed by atoms with Crippen molar-refractivity contribution in [2.24, 2.45) is 0 Å². The van der Waals surface area contributed by atoms with Crippen LogP contribution in [0, 0.1) is 0 Å². The van der Waals surface area contributed by atoms with Gasteiger partial charge in [0.1, 0.15) is 0 Å². The molecule has 1 amide bonds. The first-order chi connectivity index (χ1) is 7.79. The van der Waals surface area contributed by atoms with E-state index in [4.69, 9.17) is 0 Å². The molecule has 0 bridgehead atoms. The van der Waals surface area contributed by atoms with Crippen LogP contribution in [0.3, 0.4) is 0 Å². The highest BCUT2D eigenvalue weighted by Gasteiger charge is 2.25. The summed E-state index contributed by atoms with van der Waals surface area (Å²) in [5.41, 5.74) is 0. The van der Waals surface area contributed by atoms with Crippen molar-refractivity contribution in [1.29, 1.82) is 0 Å². The first kappa shape index (κ1) is 11.9. The maximum absolute atomic E-state index is 11.9. The average Bonchev–Trinajstić information content (AvgIpc) is 2.83. The van der Waals surface area contributed by atoms with Crippen molar-refractivity contribution < 1.29 is 4.79 Å². The van der Waals surface area contributed by atoms with Crippen molar-refractivity contribution in [2.75, 3.05) is 26.2 Å². The predicted octanol–water partition coefficient (Wildman–Crippen LogP) is 0.339. The van der Waals surface area contributed by atoms with Crippen LogP contribution in [0.4, 0.5) is 0 Å². The van der Waals surface area contributed by atoms with Crippen LogP contribution < -0.4 is 10.6 Å². The summed E-state index contributed by atoms with van der Waals surface area (Å²) in [6, 6.07) is 0.474. The molecule has 0 radical (unpaired) electrons. The summed E-state index contributed by atoms with van der Waals surface area (Å²) >= 11 is 0. The number of carbonyl (C=O) groups is 1. The SMILES string of the molecule is CCN1CCC(NC(=O)C2CCCN2)CC1. The zero-order chi connectivity index (χ0) is 11.4. The van der Waals surface area contributed by atoms with Crippen molar-refractivity contribution in [3.05, 3.63) is 0 Å². The van der Waals surface area contributed by atoms with Gasteiger partial charge in [0, 0.05) is 19.1 Å². The highest BCUT2D eigenvalue weighted by atomic mass is 16.2. The van der Waals surface area contributed by atoms with E-state index < -0.39 is 0 Å². The lowest BCUT2D eigenvalue weighted by Gasteiger charge is -2.32. The van der Waals surface area contributed by atoms with Crippen LogP contribution in [0.25, 0.3) is 0 Å². The Hall–Kier alpha value is -0.610. The van der Waals surface area contributed by atoms with Crippen LogP contribution in [-0.4, -0.2) is 49.1 Å². The maximum atomic E-state index is 11.9. The van der Waals surface area contributed by atoms with E-state index in [-0.39, 0.29) is 11.9 Å². The Kier molecular flexibility index (Phi) is 4.18. The lowest BCUT2D eigenvalue weighted by atomic mass is 10.0. The van der Waals surface area contributed by atoms with E-state index in [9.17, 15) is 4.79 Å². The second-order valence-corrected chi connectivity index (χ2v) is 4.87. The fraction of sp³-hybridized carbons (Fsp3) is 0.917. The monoisotopic (exact) mass is 225 g/mol. The van der Waals surface area contributed by atoms with Crippen LogP contribution in [0.5, 0.6) is 0 Å². The third kappa shape index (κ3) is 2.95. The summed E-state index contributed by atoms with van der Waals surface area (Å²) in [5.74, 6) is 0.215. The lowest BCUT2D eigenvalue weighted by molar-refractivity contribution is -0.123. The molecule has 4 nitrogen and oxygen atoms in total. The van der Waals surface area contributed by atoms with Gasteiger partial charge < -0.3 is 15.5 Å². The standard InChI is InChI=1S/C12H23N3O/c1-2-15-8-5-10(6-9-15)14-12(16)11-4-3-7-13-11/h10-11,13H,2-9H2,1H3,(H,14,16). The largest absolute Gasteiger partial charge is 0.352 e. The van der Waals surface area contributed by atoms with Gasteiger partial charge in [-0.25, -0.2) is 0 Å². The first-order valence-corrected chi connectivity index (χ1v) is 6.55. The molecule has 0 aliphatic carbocycles. The third-order valence-corrected chi connectivity index (χ3v) is 3.76. The van der Waals surface area contributed by atoms with Crippen molar-refractivity contribution in [3.63, 3.8) is 0 Å². The zero-order valence-corrected chi connectivity index (χ0v) is 10.2. The molecular weight excluding hydrogens is 202 g/mol. The Morgan fingerprint density at radius 1 is 1.38 bits per heavy atom.